The molecule has 3 rings (SSSR count). The van der Waals surface area contributed by atoms with E-state index in [1.54, 1.807) is 6.07 Å². The number of nitrogens with zero attached hydrogens (tertiary/aromatic N) is 1. The summed E-state index contributed by atoms with van der Waals surface area (Å²) in [5.74, 6) is 0.689. The van der Waals surface area contributed by atoms with Crippen LogP contribution in [0.4, 0.5) is 11.4 Å². The molecule has 0 aromatic heterocycles. The van der Waals surface area contributed by atoms with Gasteiger partial charge in [-0.1, -0.05) is 18.2 Å². The fourth-order valence-electron chi connectivity index (χ4n) is 2.93. The van der Waals surface area contributed by atoms with Crippen molar-refractivity contribution in [3.05, 3.63) is 45.5 Å². The topological polar surface area (TPSA) is 55.2 Å². The smallest absolute Gasteiger partial charge is 0.275 e. The Morgan fingerprint density at radius 3 is 3.06 bits per heavy atom. The molecule has 17 heavy (non-hydrogen) atoms. The molecule has 2 atom stereocenters. The number of nitro groups is 1. The molecule has 1 N–H and O–H groups in total. The highest BCUT2D eigenvalue weighted by Crippen LogP contribution is 2.46. The summed E-state index contributed by atoms with van der Waals surface area (Å²) in [6, 6.07) is 3.45. The van der Waals surface area contributed by atoms with Gasteiger partial charge in [0.15, 0.2) is 0 Å². The van der Waals surface area contributed by atoms with Crippen LogP contribution in [0, 0.1) is 23.0 Å². The molecule has 0 bridgehead atoms. The predicted molar refractivity (Wildman–Crippen MR) is 66.3 cm³/mol. The summed E-state index contributed by atoms with van der Waals surface area (Å²) in [5, 5.41) is 14.5. The quantitative estimate of drug-likeness (QED) is 0.458. The van der Waals surface area contributed by atoms with Crippen LogP contribution in [0.25, 0.3) is 0 Å². The monoisotopic (exact) mass is 230 g/mol. The zero-order valence-corrected chi connectivity index (χ0v) is 9.64. The summed E-state index contributed by atoms with van der Waals surface area (Å²) in [5.41, 5.74) is 3.18. The van der Waals surface area contributed by atoms with Crippen molar-refractivity contribution in [3.8, 4) is 0 Å². The summed E-state index contributed by atoms with van der Waals surface area (Å²) >= 11 is 0. The van der Waals surface area contributed by atoms with Gasteiger partial charge in [0.2, 0.25) is 0 Å². The lowest BCUT2D eigenvalue weighted by Crippen LogP contribution is -2.25. The van der Waals surface area contributed by atoms with Crippen molar-refractivity contribution >= 4 is 11.4 Å². The first-order valence-electron chi connectivity index (χ1n) is 5.87. The van der Waals surface area contributed by atoms with Crippen LogP contribution in [0.1, 0.15) is 23.5 Å². The Bertz CT molecular complexity index is 522. The van der Waals surface area contributed by atoms with E-state index in [0.717, 1.165) is 29.8 Å². The van der Waals surface area contributed by atoms with E-state index in [-0.39, 0.29) is 16.5 Å². The first kappa shape index (κ1) is 10.3. The van der Waals surface area contributed by atoms with Crippen molar-refractivity contribution in [3.63, 3.8) is 0 Å². The van der Waals surface area contributed by atoms with Crippen LogP contribution in [0.2, 0.25) is 0 Å². The maximum absolute atomic E-state index is 11.1. The van der Waals surface area contributed by atoms with E-state index in [4.69, 9.17) is 0 Å². The maximum Gasteiger partial charge on any atom is 0.275 e. The molecule has 1 aliphatic heterocycles. The number of anilines is 1. The average molecular weight is 230 g/mol. The number of hydrogen-bond acceptors (Lipinski definition) is 3. The summed E-state index contributed by atoms with van der Waals surface area (Å²) in [4.78, 5) is 10.9. The summed E-state index contributed by atoms with van der Waals surface area (Å²) in [7, 11) is 0. The van der Waals surface area contributed by atoms with Crippen LogP contribution in [0.3, 0.4) is 0 Å². The predicted octanol–water partition coefficient (Wildman–Crippen LogP) is 2.99. The molecule has 0 amide bonds. The van der Waals surface area contributed by atoms with Gasteiger partial charge >= 0.3 is 0 Å². The molecule has 1 aromatic rings. The number of aryl methyl sites for hydroxylation is 1. The number of rotatable bonds is 1. The Morgan fingerprint density at radius 2 is 2.29 bits per heavy atom. The van der Waals surface area contributed by atoms with Crippen LogP contribution in [-0.2, 0) is 0 Å². The van der Waals surface area contributed by atoms with Crippen LogP contribution in [-0.4, -0.2) is 11.5 Å². The fraction of sp³-hybridized carbons (Fsp3) is 0.385. The third kappa shape index (κ3) is 1.44. The van der Waals surface area contributed by atoms with E-state index < -0.39 is 0 Å². The standard InChI is InChI=1S/C13H14N2O2/c1-8-5-6-11(15(16)17)12-10-4-2-3-9(10)7-14-13(8)12/h2,4-6,9-10,14H,3,7H2,1H3. The fourth-order valence-corrected chi connectivity index (χ4v) is 2.93. The molecule has 1 heterocycles. The van der Waals surface area contributed by atoms with Crippen LogP contribution < -0.4 is 5.32 Å². The molecule has 2 unspecified atom stereocenters. The zero-order valence-electron chi connectivity index (χ0n) is 9.64. The summed E-state index contributed by atoms with van der Waals surface area (Å²) < 4.78 is 0. The Balaban J connectivity index is 2.23. The maximum atomic E-state index is 11.1. The second kappa shape index (κ2) is 3.58. The van der Waals surface area contributed by atoms with E-state index in [1.807, 2.05) is 13.0 Å². The van der Waals surface area contributed by atoms with Crippen molar-refractivity contribution in [2.75, 3.05) is 11.9 Å². The molecule has 0 fully saturated rings. The van der Waals surface area contributed by atoms with Crippen molar-refractivity contribution < 1.29 is 4.92 Å². The lowest BCUT2D eigenvalue weighted by atomic mass is 9.82. The highest BCUT2D eigenvalue weighted by atomic mass is 16.6. The Kier molecular flexibility index (Phi) is 2.18. The third-order valence-corrected chi connectivity index (χ3v) is 3.79. The number of nitrogens with one attached hydrogen (secondary N) is 1. The lowest BCUT2D eigenvalue weighted by molar-refractivity contribution is -0.385. The Labute approximate surface area is 99.5 Å². The molecular weight excluding hydrogens is 216 g/mol. The highest BCUT2D eigenvalue weighted by Gasteiger charge is 2.36. The van der Waals surface area contributed by atoms with Crippen LogP contribution >= 0.6 is 0 Å². The van der Waals surface area contributed by atoms with Gasteiger partial charge in [0.05, 0.1) is 10.5 Å². The zero-order chi connectivity index (χ0) is 12.0. The second-order valence-corrected chi connectivity index (χ2v) is 4.78. The Morgan fingerprint density at radius 1 is 1.47 bits per heavy atom. The Hall–Kier alpha value is -1.84. The minimum absolute atomic E-state index is 0.214. The molecule has 88 valence electrons. The minimum Gasteiger partial charge on any atom is -0.384 e. The number of hydrogen-bond donors (Lipinski definition) is 1. The van der Waals surface area contributed by atoms with Gasteiger partial charge in [0.1, 0.15) is 0 Å². The van der Waals surface area contributed by atoms with Crippen molar-refractivity contribution in [2.45, 2.75) is 19.3 Å². The third-order valence-electron chi connectivity index (χ3n) is 3.79. The number of benzene rings is 1. The second-order valence-electron chi connectivity index (χ2n) is 4.78. The molecular formula is C13H14N2O2. The van der Waals surface area contributed by atoms with Gasteiger partial charge < -0.3 is 5.32 Å². The minimum atomic E-state index is -0.269. The van der Waals surface area contributed by atoms with E-state index in [2.05, 4.69) is 17.5 Å². The first-order chi connectivity index (χ1) is 8.18. The van der Waals surface area contributed by atoms with Gasteiger partial charge in [-0.3, -0.25) is 10.1 Å². The van der Waals surface area contributed by atoms with Gasteiger partial charge in [-0.05, 0) is 24.8 Å². The highest BCUT2D eigenvalue weighted by molar-refractivity contribution is 5.69. The molecule has 4 nitrogen and oxygen atoms in total. The summed E-state index contributed by atoms with van der Waals surface area (Å²) in [6.07, 6.45) is 5.27. The molecule has 1 aliphatic carbocycles. The molecule has 2 aliphatic rings. The lowest BCUT2D eigenvalue weighted by Gasteiger charge is -2.30. The molecule has 0 saturated heterocycles. The van der Waals surface area contributed by atoms with Gasteiger partial charge in [-0.25, -0.2) is 0 Å². The first-order valence-corrected chi connectivity index (χ1v) is 5.87. The van der Waals surface area contributed by atoms with E-state index in [1.165, 1.54) is 0 Å². The van der Waals surface area contributed by atoms with Crippen molar-refractivity contribution in [1.29, 1.82) is 0 Å². The normalized spacial score (nSPS) is 25.0. The molecule has 0 spiro atoms. The molecule has 1 aromatic carbocycles. The van der Waals surface area contributed by atoms with E-state index in [0.29, 0.717) is 5.92 Å². The van der Waals surface area contributed by atoms with E-state index in [9.17, 15) is 10.1 Å². The largest absolute Gasteiger partial charge is 0.384 e. The molecule has 4 heteroatoms. The number of fused-ring (bicyclic) bond motifs is 3. The molecule has 0 saturated carbocycles. The van der Waals surface area contributed by atoms with Crippen molar-refractivity contribution in [2.24, 2.45) is 5.92 Å². The van der Waals surface area contributed by atoms with Crippen LogP contribution in [0.5, 0.6) is 0 Å². The van der Waals surface area contributed by atoms with E-state index >= 15 is 0 Å². The van der Waals surface area contributed by atoms with Crippen molar-refractivity contribution in [1.82, 2.24) is 0 Å². The van der Waals surface area contributed by atoms with Gasteiger partial charge in [0.25, 0.3) is 5.69 Å². The van der Waals surface area contributed by atoms with Crippen LogP contribution in [0.15, 0.2) is 24.3 Å². The number of nitro benzene ring substituents is 1. The SMILES string of the molecule is Cc1ccc([N+](=O)[O-])c2c1NCC1CC=CC21. The van der Waals surface area contributed by atoms with Gasteiger partial charge in [0, 0.05) is 24.2 Å². The molecule has 0 radical (unpaired) electrons. The summed E-state index contributed by atoms with van der Waals surface area (Å²) in [6.45, 7) is 2.90. The average Bonchev–Trinajstić information content (AvgIpc) is 2.77. The number of allylic oxidation sites excluding steroid dienone is 2. The van der Waals surface area contributed by atoms with Gasteiger partial charge in [-0.2, -0.15) is 0 Å². The van der Waals surface area contributed by atoms with Gasteiger partial charge in [-0.15, -0.1) is 0 Å².